The molecule has 0 aromatic carbocycles. The number of hydrogen-bond acceptors (Lipinski definition) is 5. The standard InChI is InChI=1S/C12H14N4O3S/c1-6-10(20-7(2)15-6)11(17)16-9(12(18)19)3-8-4-13-5-14-8/h4-5,9H,3H2,1-2H3,(H,13,14)(H,16,17)(H,18,19)/t9-/m1/s1. The third kappa shape index (κ3) is 3.21. The van der Waals surface area contributed by atoms with Gasteiger partial charge in [0.05, 0.1) is 17.0 Å². The number of aromatic nitrogens is 3. The summed E-state index contributed by atoms with van der Waals surface area (Å²) in [6.45, 7) is 3.52. The summed E-state index contributed by atoms with van der Waals surface area (Å²) in [6.07, 6.45) is 3.15. The van der Waals surface area contributed by atoms with Gasteiger partial charge in [0.25, 0.3) is 5.91 Å². The topological polar surface area (TPSA) is 108 Å². The lowest BCUT2D eigenvalue weighted by atomic mass is 10.1. The Morgan fingerprint density at radius 3 is 2.75 bits per heavy atom. The van der Waals surface area contributed by atoms with E-state index in [1.807, 2.05) is 0 Å². The van der Waals surface area contributed by atoms with Crippen molar-refractivity contribution in [2.75, 3.05) is 0 Å². The number of aliphatic carboxylic acids is 1. The average Bonchev–Trinajstić information content (AvgIpc) is 2.97. The fraction of sp³-hybridized carbons (Fsp3) is 0.333. The molecule has 0 bridgehead atoms. The van der Waals surface area contributed by atoms with Gasteiger partial charge < -0.3 is 15.4 Å². The SMILES string of the molecule is Cc1nc(C)c(C(=O)N[C@H](Cc2cnc[nH]2)C(=O)O)s1. The van der Waals surface area contributed by atoms with Crippen molar-refractivity contribution in [1.82, 2.24) is 20.3 Å². The number of imidazole rings is 1. The normalized spacial score (nSPS) is 12.1. The minimum Gasteiger partial charge on any atom is -0.480 e. The van der Waals surface area contributed by atoms with Crippen LogP contribution in [0.5, 0.6) is 0 Å². The number of rotatable bonds is 5. The van der Waals surface area contributed by atoms with E-state index in [4.69, 9.17) is 0 Å². The van der Waals surface area contributed by atoms with Gasteiger partial charge in [-0.2, -0.15) is 0 Å². The van der Waals surface area contributed by atoms with Crippen molar-refractivity contribution in [1.29, 1.82) is 0 Å². The van der Waals surface area contributed by atoms with Crippen molar-refractivity contribution in [3.8, 4) is 0 Å². The van der Waals surface area contributed by atoms with Crippen molar-refractivity contribution in [3.05, 3.63) is 33.8 Å². The van der Waals surface area contributed by atoms with Gasteiger partial charge >= 0.3 is 5.97 Å². The molecule has 2 heterocycles. The molecule has 0 fully saturated rings. The van der Waals surface area contributed by atoms with Crippen LogP contribution in [0.1, 0.15) is 26.1 Å². The van der Waals surface area contributed by atoms with E-state index < -0.39 is 17.9 Å². The maximum absolute atomic E-state index is 12.1. The second kappa shape index (κ2) is 5.83. The summed E-state index contributed by atoms with van der Waals surface area (Å²) in [5, 5.41) is 12.5. The highest BCUT2D eigenvalue weighted by Crippen LogP contribution is 2.17. The number of amides is 1. The van der Waals surface area contributed by atoms with E-state index in [9.17, 15) is 14.7 Å². The minimum atomic E-state index is -1.09. The van der Waals surface area contributed by atoms with Crippen LogP contribution in [0, 0.1) is 13.8 Å². The fourth-order valence-electron chi connectivity index (χ4n) is 1.78. The maximum atomic E-state index is 12.1. The summed E-state index contributed by atoms with van der Waals surface area (Å²) in [6, 6.07) is -1.01. The zero-order valence-electron chi connectivity index (χ0n) is 11.0. The molecule has 2 aromatic rings. The van der Waals surface area contributed by atoms with Crippen LogP contribution in [0.4, 0.5) is 0 Å². The summed E-state index contributed by atoms with van der Waals surface area (Å²) in [4.78, 5) is 34.5. The second-order valence-corrected chi connectivity index (χ2v) is 5.50. The molecule has 20 heavy (non-hydrogen) atoms. The molecule has 0 aliphatic rings. The monoisotopic (exact) mass is 294 g/mol. The van der Waals surface area contributed by atoms with Gasteiger partial charge in [-0.3, -0.25) is 4.79 Å². The molecule has 2 rings (SSSR count). The molecule has 3 N–H and O–H groups in total. The number of carboxylic acids is 1. The number of aryl methyl sites for hydroxylation is 2. The number of H-pyrrole nitrogens is 1. The van der Waals surface area contributed by atoms with Crippen LogP contribution in [0.15, 0.2) is 12.5 Å². The quantitative estimate of drug-likeness (QED) is 0.759. The number of hydrogen-bond donors (Lipinski definition) is 3. The second-order valence-electron chi connectivity index (χ2n) is 4.29. The molecule has 0 saturated heterocycles. The predicted octanol–water partition coefficient (Wildman–Crippen LogP) is 0.909. The van der Waals surface area contributed by atoms with Crippen LogP contribution in [-0.2, 0) is 11.2 Å². The van der Waals surface area contributed by atoms with E-state index in [0.717, 1.165) is 5.01 Å². The largest absolute Gasteiger partial charge is 0.480 e. The number of nitrogens with zero attached hydrogens (tertiary/aromatic N) is 2. The number of thiazole rings is 1. The third-order valence-electron chi connectivity index (χ3n) is 2.69. The van der Waals surface area contributed by atoms with Crippen LogP contribution in [-0.4, -0.2) is 38.0 Å². The van der Waals surface area contributed by atoms with E-state index in [1.165, 1.54) is 23.9 Å². The maximum Gasteiger partial charge on any atom is 0.326 e. The van der Waals surface area contributed by atoms with Gasteiger partial charge in [0.15, 0.2) is 0 Å². The van der Waals surface area contributed by atoms with Crippen LogP contribution >= 0.6 is 11.3 Å². The zero-order chi connectivity index (χ0) is 14.7. The first-order valence-electron chi connectivity index (χ1n) is 5.92. The first-order valence-corrected chi connectivity index (χ1v) is 6.74. The lowest BCUT2D eigenvalue weighted by Gasteiger charge is -2.13. The van der Waals surface area contributed by atoms with Gasteiger partial charge in [-0.1, -0.05) is 0 Å². The van der Waals surface area contributed by atoms with E-state index >= 15 is 0 Å². The Morgan fingerprint density at radius 1 is 1.50 bits per heavy atom. The van der Waals surface area contributed by atoms with Crippen LogP contribution in [0.25, 0.3) is 0 Å². The average molecular weight is 294 g/mol. The molecule has 1 atom stereocenters. The lowest BCUT2D eigenvalue weighted by Crippen LogP contribution is -2.42. The number of carbonyl (C=O) groups excluding carboxylic acids is 1. The summed E-state index contributed by atoms with van der Waals surface area (Å²) >= 11 is 1.25. The molecular formula is C12H14N4O3S. The molecular weight excluding hydrogens is 280 g/mol. The molecule has 8 heteroatoms. The van der Waals surface area contributed by atoms with Crippen molar-refractivity contribution in [2.24, 2.45) is 0 Å². The Labute approximate surface area is 119 Å². The van der Waals surface area contributed by atoms with Gasteiger partial charge in [0.1, 0.15) is 10.9 Å². The summed E-state index contributed by atoms with van der Waals surface area (Å²) in [7, 11) is 0. The molecule has 0 radical (unpaired) electrons. The molecule has 0 spiro atoms. The van der Waals surface area contributed by atoms with Crippen molar-refractivity contribution < 1.29 is 14.7 Å². The summed E-state index contributed by atoms with van der Waals surface area (Å²) in [5.41, 5.74) is 1.26. The fourth-order valence-corrected chi connectivity index (χ4v) is 2.61. The molecule has 1 amide bonds. The molecule has 7 nitrogen and oxygen atoms in total. The Kier molecular flexibility index (Phi) is 4.14. The number of nitrogens with one attached hydrogen (secondary N) is 2. The van der Waals surface area contributed by atoms with Crippen molar-refractivity contribution in [3.63, 3.8) is 0 Å². The molecule has 0 unspecified atom stereocenters. The Hall–Kier alpha value is -2.22. The molecule has 0 aliphatic carbocycles. The predicted molar refractivity (Wildman–Crippen MR) is 72.8 cm³/mol. The molecule has 106 valence electrons. The molecule has 0 aliphatic heterocycles. The van der Waals surface area contributed by atoms with Gasteiger partial charge in [-0.05, 0) is 13.8 Å². The van der Waals surface area contributed by atoms with Gasteiger partial charge in [0.2, 0.25) is 0 Å². The lowest BCUT2D eigenvalue weighted by molar-refractivity contribution is -0.139. The third-order valence-corrected chi connectivity index (χ3v) is 3.76. The van der Waals surface area contributed by atoms with E-state index in [0.29, 0.717) is 16.3 Å². The first kappa shape index (κ1) is 14.2. The highest BCUT2D eigenvalue weighted by Gasteiger charge is 2.23. The van der Waals surface area contributed by atoms with E-state index in [-0.39, 0.29) is 6.42 Å². The summed E-state index contributed by atoms with van der Waals surface area (Å²) < 4.78 is 0. The van der Waals surface area contributed by atoms with Crippen LogP contribution in [0.2, 0.25) is 0 Å². The number of carboxylic acid groups (broad SMARTS) is 1. The Morgan fingerprint density at radius 2 is 2.25 bits per heavy atom. The van der Waals surface area contributed by atoms with E-state index in [1.54, 1.807) is 13.8 Å². The Balaban J connectivity index is 2.10. The minimum absolute atomic E-state index is 0.151. The summed E-state index contributed by atoms with van der Waals surface area (Å²) in [5.74, 6) is -1.51. The number of aromatic amines is 1. The van der Waals surface area contributed by atoms with E-state index in [2.05, 4.69) is 20.3 Å². The van der Waals surface area contributed by atoms with Crippen molar-refractivity contribution in [2.45, 2.75) is 26.3 Å². The Bertz CT molecular complexity index is 621. The first-order chi connectivity index (χ1) is 9.47. The highest BCUT2D eigenvalue weighted by atomic mass is 32.1. The van der Waals surface area contributed by atoms with Crippen LogP contribution in [0.3, 0.4) is 0 Å². The zero-order valence-corrected chi connectivity index (χ0v) is 11.8. The van der Waals surface area contributed by atoms with Crippen LogP contribution < -0.4 is 5.32 Å². The van der Waals surface area contributed by atoms with Gasteiger partial charge in [-0.15, -0.1) is 11.3 Å². The number of carbonyl (C=O) groups is 2. The van der Waals surface area contributed by atoms with Gasteiger partial charge in [-0.25, -0.2) is 14.8 Å². The smallest absolute Gasteiger partial charge is 0.326 e. The van der Waals surface area contributed by atoms with Crippen molar-refractivity contribution >= 4 is 23.2 Å². The van der Waals surface area contributed by atoms with Gasteiger partial charge in [0, 0.05) is 18.3 Å². The molecule has 0 saturated carbocycles. The highest BCUT2D eigenvalue weighted by molar-refractivity contribution is 7.13. The molecule has 2 aromatic heterocycles.